The highest BCUT2D eigenvalue weighted by Gasteiger charge is 2.39. The zero-order chi connectivity index (χ0) is 13.1. The third-order valence-electron chi connectivity index (χ3n) is 2.03. The highest BCUT2D eigenvalue weighted by atomic mass is 35.5. The molecule has 0 aliphatic rings. The molecule has 2 N–H and O–H groups in total. The lowest BCUT2D eigenvalue weighted by atomic mass is 10.1. The van der Waals surface area contributed by atoms with Crippen LogP contribution in [0.3, 0.4) is 0 Å². The van der Waals surface area contributed by atoms with E-state index in [1.807, 2.05) is 0 Å². The molecule has 0 fully saturated rings. The van der Waals surface area contributed by atoms with Gasteiger partial charge in [0.25, 0.3) is 0 Å². The molecule has 0 saturated carbocycles. The molecular weight excluding hydrogens is 278 g/mol. The molecule has 0 aromatic heterocycles. The number of alkyl halides is 3. The zero-order valence-corrected chi connectivity index (χ0v) is 10.1. The van der Waals surface area contributed by atoms with Crippen molar-refractivity contribution in [3.63, 3.8) is 0 Å². The molecule has 17 heavy (non-hydrogen) atoms. The molecule has 2 nitrogen and oxygen atoms in total. The van der Waals surface area contributed by atoms with Crippen molar-refractivity contribution in [1.82, 2.24) is 0 Å². The van der Waals surface area contributed by atoms with E-state index in [-0.39, 0.29) is 5.75 Å². The van der Waals surface area contributed by atoms with Crippen molar-refractivity contribution in [1.29, 1.82) is 0 Å². The Morgan fingerprint density at radius 1 is 1.18 bits per heavy atom. The first-order valence-corrected chi connectivity index (χ1v) is 5.44. The average molecular weight is 288 g/mol. The van der Waals surface area contributed by atoms with E-state index in [2.05, 4.69) is 0 Å². The number of benzene rings is 1. The van der Waals surface area contributed by atoms with Crippen molar-refractivity contribution >= 4 is 23.2 Å². The number of ether oxygens (including phenoxy) is 1. The summed E-state index contributed by atoms with van der Waals surface area (Å²) >= 11 is 11.4. The Hall–Kier alpha value is -0.650. The van der Waals surface area contributed by atoms with Crippen LogP contribution < -0.4 is 10.5 Å². The van der Waals surface area contributed by atoms with E-state index >= 15 is 0 Å². The van der Waals surface area contributed by atoms with Gasteiger partial charge in [0.2, 0.25) is 0 Å². The smallest absolute Gasteiger partial charge is 0.396 e. The molecule has 1 aromatic rings. The van der Waals surface area contributed by atoms with Crippen LogP contribution in [-0.4, -0.2) is 19.3 Å². The number of halogens is 5. The van der Waals surface area contributed by atoms with E-state index in [0.717, 1.165) is 0 Å². The predicted molar refractivity (Wildman–Crippen MR) is 60.6 cm³/mol. The fourth-order valence-corrected chi connectivity index (χ4v) is 1.61. The molecule has 0 saturated heterocycles. The molecule has 1 rings (SSSR count). The van der Waals surface area contributed by atoms with Gasteiger partial charge >= 0.3 is 6.18 Å². The molecule has 7 heteroatoms. The summed E-state index contributed by atoms with van der Waals surface area (Å²) < 4.78 is 42.1. The number of hydrogen-bond acceptors (Lipinski definition) is 2. The van der Waals surface area contributed by atoms with E-state index < -0.39 is 25.2 Å². The zero-order valence-electron chi connectivity index (χ0n) is 8.60. The van der Waals surface area contributed by atoms with Gasteiger partial charge in [-0.1, -0.05) is 23.2 Å². The van der Waals surface area contributed by atoms with E-state index in [1.54, 1.807) is 0 Å². The first kappa shape index (κ1) is 14.4. The lowest BCUT2D eigenvalue weighted by Crippen LogP contribution is -2.35. The molecule has 0 radical (unpaired) electrons. The summed E-state index contributed by atoms with van der Waals surface area (Å²) in [6.45, 7) is -1.09. The maximum absolute atomic E-state index is 12.4. The van der Waals surface area contributed by atoms with Crippen LogP contribution in [0.25, 0.3) is 0 Å². The predicted octanol–water partition coefficient (Wildman–Crippen LogP) is 3.51. The molecule has 1 unspecified atom stereocenters. The maximum Gasteiger partial charge on any atom is 0.396 e. The van der Waals surface area contributed by atoms with Gasteiger partial charge in [-0.15, -0.1) is 0 Å². The molecule has 0 heterocycles. The molecule has 1 aromatic carbocycles. The second-order valence-corrected chi connectivity index (χ2v) is 4.26. The SMILES string of the molecule is NCC(COc1cc(Cl)cc(Cl)c1)C(F)(F)F. The van der Waals surface area contributed by atoms with Crippen molar-refractivity contribution < 1.29 is 17.9 Å². The summed E-state index contributed by atoms with van der Waals surface area (Å²) in [5.74, 6) is -1.52. The minimum atomic E-state index is -4.38. The second kappa shape index (κ2) is 5.80. The molecular formula is C10H10Cl2F3NO. The maximum atomic E-state index is 12.4. The van der Waals surface area contributed by atoms with Crippen LogP contribution in [0.1, 0.15) is 0 Å². The monoisotopic (exact) mass is 287 g/mol. The fourth-order valence-electron chi connectivity index (χ4n) is 1.10. The summed E-state index contributed by atoms with van der Waals surface area (Å²) in [4.78, 5) is 0. The Balaban J connectivity index is 2.66. The summed E-state index contributed by atoms with van der Waals surface area (Å²) in [5, 5.41) is 0.590. The molecule has 0 aliphatic carbocycles. The minimum Gasteiger partial charge on any atom is -0.493 e. The van der Waals surface area contributed by atoms with Gasteiger partial charge in [0.05, 0.1) is 0 Å². The topological polar surface area (TPSA) is 35.2 Å². The quantitative estimate of drug-likeness (QED) is 0.920. The van der Waals surface area contributed by atoms with E-state index in [1.165, 1.54) is 18.2 Å². The van der Waals surface area contributed by atoms with E-state index in [0.29, 0.717) is 10.0 Å². The van der Waals surface area contributed by atoms with E-state index in [9.17, 15) is 13.2 Å². The van der Waals surface area contributed by atoms with Gasteiger partial charge in [-0.05, 0) is 18.2 Å². The van der Waals surface area contributed by atoms with Gasteiger partial charge < -0.3 is 10.5 Å². The minimum absolute atomic E-state index is 0.185. The van der Waals surface area contributed by atoms with E-state index in [4.69, 9.17) is 33.7 Å². The molecule has 0 bridgehead atoms. The third-order valence-corrected chi connectivity index (χ3v) is 2.47. The lowest BCUT2D eigenvalue weighted by Gasteiger charge is -2.18. The summed E-state index contributed by atoms with van der Waals surface area (Å²) in [6.07, 6.45) is -4.38. The number of hydrogen-bond donors (Lipinski definition) is 1. The molecule has 0 spiro atoms. The van der Waals surface area contributed by atoms with Crippen LogP contribution in [0, 0.1) is 5.92 Å². The van der Waals surface area contributed by atoms with Gasteiger partial charge in [0.1, 0.15) is 18.3 Å². The highest BCUT2D eigenvalue weighted by molar-refractivity contribution is 6.34. The molecule has 0 amide bonds. The third kappa shape index (κ3) is 4.61. The molecule has 1 atom stereocenters. The first-order chi connectivity index (χ1) is 7.82. The highest BCUT2D eigenvalue weighted by Crippen LogP contribution is 2.28. The Kier molecular flexibility index (Phi) is 4.91. The second-order valence-electron chi connectivity index (χ2n) is 3.39. The van der Waals surface area contributed by atoms with Gasteiger partial charge in [0.15, 0.2) is 0 Å². The number of nitrogens with two attached hydrogens (primary N) is 1. The first-order valence-electron chi connectivity index (χ1n) is 4.68. The Morgan fingerprint density at radius 2 is 1.71 bits per heavy atom. The van der Waals surface area contributed by atoms with Crippen LogP contribution in [0.5, 0.6) is 5.75 Å². The van der Waals surface area contributed by atoms with Crippen LogP contribution in [-0.2, 0) is 0 Å². The Morgan fingerprint density at radius 3 is 2.12 bits per heavy atom. The van der Waals surface area contributed by atoms with Gasteiger partial charge in [0, 0.05) is 16.6 Å². The number of rotatable bonds is 4. The van der Waals surface area contributed by atoms with Crippen molar-refractivity contribution in [3.05, 3.63) is 28.2 Å². The van der Waals surface area contributed by atoms with Crippen LogP contribution in [0.4, 0.5) is 13.2 Å². The van der Waals surface area contributed by atoms with Crippen LogP contribution >= 0.6 is 23.2 Å². The summed E-state index contributed by atoms with van der Waals surface area (Å²) in [7, 11) is 0. The summed E-state index contributed by atoms with van der Waals surface area (Å²) in [6, 6.07) is 4.23. The van der Waals surface area contributed by atoms with Crippen molar-refractivity contribution in [3.8, 4) is 5.75 Å². The average Bonchev–Trinajstić information content (AvgIpc) is 2.14. The molecule has 96 valence electrons. The normalized spacial score (nSPS) is 13.5. The summed E-state index contributed by atoms with van der Waals surface area (Å²) in [5.41, 5.74) is 5.03. The molecule has 0 aliphatic heterocycles. The Bertz CT molecular complexity index is 364. The van der Waals surface area contributed by atoms with Gasteiger partial charge in [-0.2, -0.15) is 13.2 Å². The largest absolute Gasteiger partial charge is 0.493 e. The van der Waals surface area contributed by atoms with Crippen molar-refractivity contribution in [2.45, 2.75) is 6.18 Å². The van der Waals surface area contributed by atoms with Gasteiger partial charge in [-0.25, -0.2) is 0 Å². The van der Waals surface area contributed by atoms with Crippen molar-refractivity contribution in [2.24, 2.45) is 11.7 Å². The lowest BCUT2D eigenvalue weighted by molar-refractivity contribution is -0.178. The fraction of sp³-hybridized carbons (Fsp3) is 0.400. The standard InChI is InChI=1S/C10H10Cl2F3NO/c11-7-1-8(12)3-9(2-7)17-5-6(4-16)10(13,14)15/h1-3,6H,4-5,16H2. The Labute approximate surface area is 106 Å². The van der Waals surface area contributed by atoms with Crippen molar-refractivity contribution in [2.75, 3.05) is 13.2 Å². The van der Waals surface area contributed by atoms with Crippen LogP contribution in [0.15, 0.2) is 18.2 Å². The van der Waals surface area contributed by atoms with Gasteiger partial charge in [-0.3, -0.25) is 0 Å². The van der Waals surface area contributed by atoms with Crippen LogP contribution in [0.2, 0.25) is 10.0 Å².